The molecule has 1 saturated heterocycles. The molecule has 4 aromatic rings. The summed E-state index contributed by atoms with van der Waals surface area (Å²) < 4.78 is 16.9. The van der Waals surface area contributed by atoms with Crippen molar-refractivity contribution in [2.24, 2.45) is 0 Å². The third-order valence-electron chi connectivity index (χ3n) is 7.88. The van der Waals surface area contributed by atoms with E-state index >= 15 is 0 Å². The zero-order valence-corrected chi connectivity index (χ0v) is 23.7. The second-order valence-corrected chi connectivity index (χ2v) is 10.8. The Kier molecular flexibility index (Phi) is 6.79. The third-order valence-corrected chi connectivity index (χ3v) is 8.25. The van der Waals surface area contributed by atoms with Crippen LogP contribution in [0.15, 0.2) is 34.7 Å². The maximum atomic E-state index is 13.9. The molecule has 0 radical (unpaired) electrons. The number of furan rings is 1. The summed E-state index contributed by atoms with van der Waals surface area (Å²) in [5.41, 5.74) is 9.50. The van der Waals surface area contributed by atoms with E-state index in [1.807, 2.05) is 7.05 Å². The number of aromatic nitrogens is 1. The Hall–Kier alpha value is -4.22. The smallest absolute Gasteiger partial charge is 0.415 e. The summed E-state index contributed by atoms with van der Waals surface area (Å²) in [5, 5.41) is 1.22. The van der Waals surface area contributed by atoms with Gasteiger partial charge in [-0.15, -0.1) is 11.6 Å². The number of nitrogens with zero attached hydrogens (tertiary/aromatic N) is 3. The van der Waals surface area contributed by atoms with Gasteiger partial charge in [0.2, 0.25) is 0 Å². The average molecular weight is 580 g/mol. The molecule has 1 fully saturated rings. The second-order valence-electron chi connectivity index (χ2n) is 10.5. The number of alkyl halides is 1. The Morgan fingerprint density at radius 3 is 2.61 bits per heavy atom. The van der Waals surface area contributed by atoms with E-state index in [1.54, 1.807) is 47.1 Å². The minimum absolute atomic E-state index is 0.126. The number of amides is 2. The van der Waals surface area contributed by atoms with E-state index in [9.17, 15) is 14.4 Å². The summed E-state index contributed by atoms with van der Waals surface area (Å²) in [4.78, 5) is 48.7. The number of carbonyl (C=O) groups excluding carboxylic acids is 3. The topological polar surface area (TPSA) is 134 Å². The first-order valence-electron chi connectivity index (χ1n) is 13.3. The van der Waals surface area contributed by atoms with Gasteiger partial charge in [-0.3, -0.25) is 4.79 Å². The van der Waals surface area contributed by atoms with E-state index in [0.717, 1.165) is 13.1 Å². The molecule has 0 bridgehead atoms. The highest BCUT2D eigenvalue weighted by Gasteiger charge is 2.39. The number of rotatable bonds is 4. The van der Waals surface area contributed by atoms with E-state index in [2.05, 4.69) is 9.88 Å². The monoisotopic (exact) mass is 579 g/mol. The number of aryl methyl sites for hydroxylation is 1. The van der Waals surface area contributed by atoms with Crippen LogP contribution in [0.25, 0.3) is 21.9 Å². The molecule has 214 valence electrons. The minimum atomic E-state index is -0.550. The number of ether oxygens (including phenoxy) is 2. The summed E-state index contributed by atoms with van der Waals surface area (Å²) in [5.74, 6) is -0.734. The van der Waals surface area contributed by atoms with E-state index in [-0.39, 0.29) is 29.9 Å². The second kappa shape index (κ2) is 10.3. The van der Waals surface area contributed by atoms with Crippen molar-refractivity contribution in [3.8, 4) is 5.75 Å². The summed E-state index contributed by atoms with van der Waals surface area (Å²) >= 11 is 6.45. The highest BCUT2D eigenvalue weighted by Crippen LogP contribution is 2.48. The molecule has 2 amide bonds. The molecule has 0 aliphatic carbocycles. The standard InChI is InChI=1S/C29H30ClN5O6/c1-15-23(28(37)39-3)25-24-17(13-30)14-35(27(36)22-11-16-10-18(31)4-5-20(16)40-22)19(24)12-21(26(25)32-15)41-29(38)34-8-6-33(2)7-9-34/h4-5,10-12,17,32H,6-9,13-14,31H2,1-3H3/t17-/m1/s1. The lowest BCUT2D eigenvalue weighted by atomic mass is 9.95. The van der Waals surface area contributed by atoms with Gasteiger partial charge in [0.05, 0.1) is 23.9 Å². The van der Waals surface area contributed by atoms with Gasteiger partial charge in [0.1, 0.15) is 5.58 Å². The largest absolute Gasteiger partial charge is 0.465 e. The molecule has 0 spiro atoms. The number of halogens is 1. The van der Waals surface area contributed by atoms with Gasteiger partial charge in [0, 0.05) is 72.7 Å². The molecule has 12 heteroatoms. The Morgan fingerprint density at radius 1 is 1.15 bits per heavy atom. The summed E-state index contributed by atoms with van der Waals surface area (Å²) in [6.07, 6.45) is -0.508. The number of anilines is 2. The van der Waals surface area contributed by atoms with Gasteiger partial charge in [-0.2, -0.15) is 0 Å². The number of carbonyl (C=O) groups is 3. The first kappa shape index (κ1) is 27.0. The van der Waals surface area contributed by atoms with Gasteiger partial charge in [0.15, 0.2) is 11.5 Å². The fourth-order valence-electron chi connectivity index (χ4n) is 5.73. The number of fused-ring (bicyclic) bond motifs is 4. The molecular weight excluding hydrogens is 550 g/mol. The Balaban J connectivity index is 1.49. The number of benzene rings is 2. The van der Waals surface area contributed by atoms with Crippen LogP contribution in [0.3, 0.4) is 0 Å². The number of methoxy groups -OCH3 is 1. The number of aromatic amines is 1. The number of esters is 1. The third kappa shape index (κ3) is 4.54. The molecule has 4 heterocycles. The van der Waals surface area contributed by atoms with Crippen LogP contribution in [0.2, 0.25) is 0 Å². The first-order valence-corrected chi connectivity index (χ1v) is 13.8. The summed E-state index contributed by atoms with van der Waals surface area (Å²) in [6, 6.07) is 8.46. The molecule has 11 nitrogen and oxygen atoms in total. The fourth-order valence-corrected chi connectivity index (χ4v) is 5.98. The van der Waals surface area contributed by atoms with Crippen molar-refractivity contribution >= 4 is 62.8 Å². The van der Waals surface area contributed by atoms with Crippen LogP contribution < -0.4 is 15.4 Å². The maximum Gasteiger partial charge on any atom is 0.415 e. The molecule has 2 aromatic carbocycles. The van der Waals surface area contributed by atoms with E-state index < -0.39 is 18.0 Å². The van der Waals surface area contributed by atoms with Crippen LogP contribution in [0.1, 0.15) is 38.1 Å². The van der Waals surface area contributed by atoms with Gasteiger partial charge in [-0.1, -0.05) is 0 Å². The highest BCUT2D eigenvalue weighted by molar-refractivity contribution is 6.20. The SMILES string of the molecule is COC(=O)c1c(C)[nH]c2c(OC(=O)N3CCN(C)CC3)cc3c(c12)[C@H](CCl)CN3C(=O)c1cc2cc(N)ccc2o1. The number of H-pyrrole nitrogens is 1. The van der Waals surface area contributed by atoms with Crippen LogP contribution in [0.4, 0.5) is 16.2 Å². The lowest BCUT2D eigenvalue weighted by Crippen LogP contribution is -2.48. The van der Waals surface area contributed by atoms with Gasteiger partial charge >= 0.3 is 12.1 Å². The molecule has 2 aliphatic heterocycles. The zero-order chi connectivity index (χ0) is 29.0. The number of hydrogen-bond donors (Lipinski definition) is 2. The molecule has 1 atom stereocenters. The van der Waals surface area contributed by atoms with Crippen molar-refractivity contribution < 1.29 is 28.3 Å². The molecule has 2 aromatic heterocycles. The first-order chi connectivity index (χ1) is 19.7. The Morgan fingerprint density at radius 2 is 1.90 bits per heavy atom. The Labute approximate surface area is 240 Å². The highest BCUT2D eigenvalue weighted by atomic mass is 35.5. The fraction of sp³-hybridized carbons (Fsp3) is 0.345. The molecular formula is C29H30ClN5O6. The van der Waals surface area contributed by atoms with Crippen LogP contribution in [0, 0.1) is 6.92 Å². The Bertz CT molecular complexity index is 1700. The quantitative estimate of drug-likeness (QED) is 0.207. The van der Waals surface area contributed by atoms with Gasteiger partial charge < -0.3 is 39.3 Å². The average Bonchev–Trinajstić information content (AvgIpc) is 3.65. The number of likely N-dealkylation sites (N-methyl/N-ethyl adjacent to an activating group) is 1. The summed E-state index contributed by atoms with van der Waals surface area (Å²) in [6.45, 7) is 4.49. The number of nitrogens with two attached hydrogens (primary N) is 1. The lowest BCUT2D eigenvalue weighted by molar-refractivity contribution is 0.0602. The molecule has 41 heavy (non-hydrogen) atoms. The van der Waals surface area contributed by atoms with Crippen molar-refractivity contribution in [1.29, 1.82) is 0 Å². The molecule has 0 saturated carbocycles. The van der Waals surface area contributed by atoms with Crippen LogP contribution in [-0.2, 0) is 4.74 Å². The molecule has 2 aliphatic rings. The van der Waals surface area contributed by atoms with Gasteiger partial charge in [-0.25, -0.2) is 9.59 Å². The van der Waals surface area contributed by atoms with Gasteiger partial charge in [-0.05, 0) is 43.8 Å². The van der Waals surface area contributed by atoms with E-state index in [4.69, 9.17) is 31.2 Å². The number of piperazine rings is 1. The summed E-state index contributed by atoms with van der Waals surface area (Å²) in [7, 11) is 3.31. The van der Waals surface area contributed by atoms with Crippen LogP contribution in [0.5, 0.6) is 5.75 Å². The number of nitrogens with one attached hydrogen (secondary N) is 1. The normalized spacial score (nSPS) is 17.3. The zero-order valence-electron chi connectivity index (χ0n) is 23.0. The predicted octanol–water partition coefficient (Wildman–Crippen LogP) is 4.32. The van der Waals surface area contributed by atoms with Crippen molar-refractivity contribution in [2.45, 2.75) is 12.8 Å². The van der Waals surface area contributed by atoms with Crippen molar-refractivity contribution in [3.63, 3.8) is 0 Å². The molecule has 3 N–H and O–H groups in total. The molecule has 0 unspecified atom stereocenters. The van der Waals surface area contributed by atoms with Crippen molar-refractivity contribution in [1.82, 2.24) is 14.8 Å². The van der Waals surface area contributed by atoms with Crippen LogP contribution >= 0.6 is 11.6 Å². The van der Waals surface area contributed by atoms with Crippen molar-refractivity contribution in [3.05, 3.63) is 52.9 Å². The van der Waals surface area contributed by atoms with E-state index in [1.165, 1.54) is 7.11 Å². The maximum absolute atomic E-state index is 13.9. The van der Waals surface area contributed by atoms with Crippen LogP contribution in [-0.4, -0.2) is 85.5 Å². The minimum Gasteiger partial charge on any atom is -0.465 e. The lowest BCUT2D eigenvalue weighted by Gasteiger charge is -2.31. The van der Waals surface area contributed by atoms with E-state index in [0.29, 0.717) is 63.2 Å². The number of nitrogen functional groups attached to an aromatic ring is 1. The number of hydrogen-bond acceptors (Lipinski definition) is 8. The van der Waals surface area contributed by atoms with Gasteiger partial charge in [0.25, 0.3) is 5.91 Å². The molecule has 6 rings (SSSR count). The predicted molar refractivity (Wildman–Crippen MR) is 155 cm³/mol. The van der Waals surface area contributed by atoms with Crippen molar-refractivity contribution in [2.75, 3.05) is 63.4 Å².